The summed E-state index contributed by atoms with van der Waals surface area (Å²) in [4.78, 5) is 24.2. The molecule has 0 aliphatic carbocycles. The Bertz CT molecular complexity index is 579. The van der Waals surface area contributed by atoms with E-state index in [-0.39, 0.29) is 13.0 Å². The fourth-order valence-corrected chi connectivity index (χ4v) is 2.15. The normalized spacial score (nSPS) is 21.3. The molecule has 1 heterocycles. The molecular formula is C14H14N2O4. The topological polar surface area (TPSA) is 89.9 Å². The summed E-state index contributed by atoms with van der Waals surface area (Å²) in [5.74, 6) is 1.31. The number of terminal acetylenes is 1. The SMILES string of the molecule is C#Cc1cccc(NC(=O)N2C[C@H](O)C[C@@H]2C(=O)O)c1. The zero-order chi connectivity index (χ0) is 14.7. The zero-order valence-electron chi connectivity index (χ0n) is 10.6. The van der Waals surface area contributed by atoms with Gasteiger partial charge >= 0.3 is 12.0 Å². The average Bonchev–Trinajstić information content (AvgIpc) is 2.81. The average molecular weight is 274 g/mol. The number of rotatable bonds is 2. The number of likely N-dealkylation sites (tertiary alicyclic amines) is 1. The number of hydrogen-bond donors (Lipinski definition) is 3. The van der Waals surface area contributed by atoms with Crippen LogP contribution in [0.25, 0.3) is 0 Å². The number of amides is 2. The molecule has 0 unspecified atom stereocenters. The van der Waals surface area contributed by atoms with Crippen molar-refractivity contribution < 1.29 is 19.8 Å². The molecule has 1 aromatic carbocycles. The van der Waals surface area contributed by atoms with Crippen LogP contribution in [-0.4, -0.2) is 45.8 Å². The van der Waals surface area contributed by atoms with Gasteiger partial charge in [0.1, 0.15) is 6.04 Å². The number of hydrogen-bond acceptors (Lipinski definition) is 3. The van der Waals surface area contributed by atoms with E-state index in [0.717, 1.165) is 4.90 Å². The molecule has 2 amide bonds. The predicted octanol–water partition coefficient (Wildman–Crippen LogP) is 0.720. The standard InChI is InChI=1S/C14H14N2O4/c1-2-9-4-3-5-10(6-9)15-14(20)16-8-11(17)7-12(16)13(18)19/h1,3-6,11-12,17H,7-8H2,(H,15,20)(H,18,19)/t11-,12-/m1/s1. The number of β-amino-alcohol motifs (C(OH)–C–C–N with tert-alkyl or cyclic N) is 1. The number of carbonyl (C=O) groups excluding carboxylic acids is 1. The number of benzene rings is 1. The number of urea groups is 1. The van der Waals surface area contributed by atoms with E-state index in [9.17, 15) is 14.7 Å². The Labute approximate surface area is 116 Å². The molecule has 1 fully saturated rings. The van der Waals surface area contributed by atoms with Crippen molar-refractivity contribution in [2.24, 2.45) is 0 Å². The van der Waals surface area contributed by atoms with Crippen molar-refractivity contribution in [3.8, 4) is 12.3 Å². The lowest BCUT2D eigenvalue weighted by atomic mass is 10.2. The summed E-state index contributed by atoms with van der Waals surface area (Å²) in [7, 11) is 0. The molecule has 104 valence electrons. The highest BCUT2D eigenvalue weighted by Crippen LogP contribution is 2.20. The van der Waals surface area contributed by atoms with Crippen LogP contribution >= 0.6 is 0 Å². The molecule has 2 atom stereocenters. The van der Waals surface area contributed by atoms with Gasteiger partial charge in [-0.25, -0.2) is 9.59 Å². The summed E-state index contributed by atoms with van der Waals surface area (Å²) in [6.45, 7) is -0.00235. The van der Waals surface area contributed by atoms with Gasteiger partial charge in [0, 0.05) is 24.2 Å². The minimum atomic E-state index is -1.13. The minimum Gasteiger partial charge on any atom is -0.480 e. The lowest BCUT2D eigenvalue weighted by Crippen LogP contribution is -2.43. The van der Waals surface area contributed by atoms with Crippen molar-refractivity contribution in [2.45, 2.75) is 18.6 Å². The molecule has 1 saturated heterocycles. The molecule has 0 spiro atoms. The summed E-state index contributed by atoms with van der Waals surface area (Å²) < 4.78 is 0. The molecular weight excluding hydrogens is 260 g/mol. The highest BCUT2D eigenvalue weighted by atomic mass is 16.4. The molecule has 1 aliphatic rings. The minimum absolute atomic E-state index is 0.00235. The molecule has 0 saturated carbocycles. The largest absolute Gasteiger partial charge is 0.480 e. The van der Waals surface area contributed by atoms with Crippen molar-refractivity contribution in [3.63, 3.8) is 0 Å². The van der Waals surface area contributed by atoms with E-state index in [4.69, 9.17) is 11.5 Å². The van der Waals surface area contributed by atoms with Gasteiger partial charge < -0.3 is 20.4 Å². The van der Waals surface area contributed by atoms with Crippen LogP contribution in [0.4, 0.5) is 10.5 Å². The predicted molar refractivity (Wildman–Crippen MR) is 72.1 cm³/mol. The lowest BCUT2D eigenvalue weighted by Gasteiger charge is -2.21. The third-order valence-corrected chi connectivity index (χ3v) is 3.11. The maximum Gasteiger partial charge on any atom is 0.326 e. The Morgan fingerprint density at radius 3 is 2.85 bits per heavy atom. The second-order valence-electron chi connectivity index (χ2n) is 4.55. The van der Waals surface area contributed by atoms with E-state index in [1.54, 1.807) is 24.3 Å². The van der Waals surface area contributed by atoms with E-state index in [0.29, 0.717) is 11.3 Å². The van der Waals surface area contributed by atoms with Crippen LogP contribution in [0.1, 0.15) is 12.0 Å². The Morgan fingerprint density at radius 2 is 2.20 bits per heavy atom. The Balaban J connectivity index is 2.11. The number of carboxylic acid groups (broad SMARTS) is 1. The van der Waals surface area contributed by atoms with Gasteiger partial charge in [0.05, 0.1) is 6.10 Å². The van der Waals surface area contributed by atoms with Crippen LogP contribution in [0.5, 0.6) is 0 Å². The molecule has 1 aliphatic heterocycles. The van der Waals surface area contributed by atoms with E-state index in [1.165, 1.54) is 0 Å². The third-order valence-electron chi connectivity index (χ3n) is 3.11. The molecule has 6 nitrogen and oxygen atoms in total. The number of aliphatic hydroxyl groups excluding tert-OH is 1. The summed E-state index contributed by atoms with van der Waals surface area (Å²) in [5, 5.41) is 21.1. The molecule has 3 N–H and O–H groups in total. The summed E-state index contributed by atoms with van der Waals surface area (Å²) in [5.41, 5.74) is 1.09. The van der Waals surface area contributed by atoms with E-state index in [1.807, 2.05) is 0 Å². The van der Waals surface area contributed by atoms with Gasteiger partial charge in [0.25, 0.3) is 0 Å². The molecule has 0 bridgehead atoms. The quantitative estimate of drug-likeness (QED) is 0.693. The first kappa shape index (κ1) is 13.9. The van der Waals surface area contributed by atoms with Crippen molar-refractivity contribution in [1.29, 1.82) is 0 Å². The van der Waals surface area contributed by atoms with Crippen molar-refractivity contribution in [3.05, 3.63) is 29.8 Å². The summed E-state index contributed by atoms with van der Waals surface area (Å²) in [6, 6.07) is 5.10. The molecule has 20 heavy (non-hydrogen) atoms. The van der Waals surface area contributed by atoms with Crippen molar-refractivity contribution >= 4 is 17.7 Å². The van der Waals surface area contributed by atoms with Crippen LogP contribution in [-0.2, 0) is 4.79 Å². The highest BCUT2D eigenvalue weighted by Gasteiger charge is 2.38. The second kappa shape index (κ2) is 5.63. The Morgan fingerprint density at radius 1 is 1.45 bits per heavy atom. The number of nitrogens with zero attached hydrogens (tertiary/aromatic N) is 1. The van der Waals surface area contributed by atoms with Crippen molar-refractivity contribution in [1.82, 2.24) is 4.90 Å². The summed E-state index contributed by atoms with van der Waals surface area (Å²) >= 11 is 0. The zero-order valence-corrected chi connectivity index (χ0v) is 10.6. The smallest absolute Gasteiger partial charge is 0.326 e. The van der Waals surface area contributed by atoms with E-state index >= 15 is 0 Å². The van der Waals surface area contributed by atoms with Gasteiger partial charge in [-0.3, -0.25) is 0 Å². The fourth-order valence-electron chi connectivity index (χ4n) is 2.15. The van der Waals surface area contributed by atoms with Crippen LogP contribution in [0, 0.1) is 12.3 Å². The fraction of sp³-hybridized carbons (Fsp3) is 0.286. The van der Waals surface area contributed by atoms with Crippen LogP contribution in [0.3, 0.4) is 0 Å². The first-order chi connectivity index (χ1) is 9.51. The molecule has 2 rings (SSSR count). The molecule has 1 aromatic rings. The van der Waals surface area contributed by atoms with Gasteiger partial charge in [-0.1, -0.05) is 12.0 Å². The summed E-state index contributed by atoms with van der Waals surface area (Å²) in [6.07, 6.45) is 4.48. The van der Waals surface area contributed by atoms with E-state index < -0.39 is 24.1 Å². The van der Waals surface area contributed by atoms with Gasteiger partial charge in [0.15, 0.2) is 0 Å². The molecule has 6 heteroatoms. The van der Waals surface area contributed by atoms with Gasteiger partial charge in [0.2, 0.25) is 0 Å². The van der Waals surface area contributed by atoms with E-state index in [2.05, 4.69) is 11.2 Å². The number of aliphatic carboxylic acids is 1. The number of carboxylic acids is 1. The molecule has 0 radical (unpaired) electrons. The van der Waals surface area contributed by atoms with Crippen LogP contribution in [0.15, 0.2) is 24.3 Å². The first-order valence-electron chi connectivity index (χ1n) is 6.06. The van der Waals surface area contributed by atoms with Crippen LogP contribution in [0.2, 0.25) is 0 Å². The number of anilines is 1. The molecule has 0 aromatic heterocycles. The highest BCUT2D eigenvalue weighted by molar-refractivity contribution is 5.93. The maximum atomic E-state index is 12.1. The Kier molecular flexibility index (Phi) is 3.91. The van der Waals surface area contributed by atoms with Gasteiger partial charge in [-0.2, -0.15) is 0 Å². The first-order valence-corrected chi connectivity index (χ1v) is 6.06. The monoisotopic (exact) mass is 274 g/mol. The van der Waals surface area contributed by atoms with Gasteiger partial charge in [-0.05, 0) is 18.2 Å². The second-order valence-corrected chi connectivity index (χ2v) is 4.55. The maximum absolute atomic E-state index is 12.1. The lowest BCUT2D eigenvalue weighted by molar-refractivity contribution is -0.141. The number of carbonyl (C=O) groups is 2. The van der Waals surface area contributed by atoms with Crippen molar-refractivity contribution in [2.75, 3.05) is 11.9 Å². The Hall–Kier alpha value is -2.52. The third kappa shape index (κ3) is 2.90. The number of aliphatic hydroxyl groups is 1. The van der Waals surface area contributed by atoms with Gasteiger partial charge in [-0.15, -0.1) is 6.42 Å². The number of nitrogens with one attached hydrogen (secondary N) is 1. The van der Waals surface area contributed by atoms with Crippen LogP contribution < -0.4 is 5.32 Å².